The van der Waals surface area contributed by atoms with Crippen LogP contribution in [0, 0.1) is 5.82 Å². The lowest BCUT2D eigenvalue weighted by Crippen LogP contribution is -2.25. The van der Waals surface area contributed by atoms with Gasteiger partial charge in [-0.25, -0.2) is 13.9 Å². The summed E-state index contributed by atoms with van der Waals surface area (Å²) in [6.45, 7) is 0.632. The van der Waals surface area contributed by atoms with Gasteiger partial charge in [0.05, 0.1) is 12.2 Å². The molecule has 2 N–H and O–H groups in total. The van der Waals surface area contributed by atoms with E-state index in [2.05, 4.69) is 10.4 Å². The van der Waals surface area contributed by atoms with E-state index in [1.54, 1.807) is 10.7 Å². The molecule has 2 heterocycles. The zero-order chi connectivity index (χ0) is 13.4. The van der Waals surface area contributed by atoms with Crippen molar-refractivity contribution in [1.29, 1.82) is 0 Å². The number of hydrogen-bond donors (Lipinski definition) is 2. The number of fused-ring (bicyclic) bond motifs is 1. The maximum Gasteiger partial charge on any atom is 0.341 e. The quantitative estimate of drug-likeness (QED) is 0.869. The third-order valence-electron chi connectivity index (χ3n) is 3.26. The summed E-state index contributed by atoms with van der Waals surface area (Å²) in [5.74, 6) is -0.843. The molecule has 0 aliphatic carbocycles. The second-order valence-electron chi connectivity index (χ2n) is 4.44. The van der Waals surface area contributed by atoms with E-state index >= 15 is 0 Å². The van der Waals surface area contributed by atoms with Crippen molar-refractivity contribution in [3.63, 3.8) is 0 Å². The highest BCUT2D eigenvalue weighted by Crippen LogP contribution is 2.31. The highest BCUT2D eigenvalue weighted by atomic mass is 19.1. The number of halogens is 1. The van der Waals surface area contributed by atoms with Crippen LogP contribution in [-0.4, -0.2) is 27.4 Å². The molecule has 6 heteroatoms. The molecule has 5 nitrogen and oxygen atoms in total. The molecular weight excluding hydrogens is 249 g/mol. The Morgan fingerprint density at radius 3 is 3.11 bits per heavy atom. The Labute approximate surface area is 108 Å². The number of benzene rings is 1. The SMILES string of the molecule is O=C(O)c1cnn2c1NCCC2c1cccc(F)c1. The average Bonchev–Trinajstić information content (AvgIpc) is 2.82. The van der Waals surface area contributed by atoms with Gasteiger partial charge < -0.3 is 10.4 Å². The molecular formula is C13H12FN3O2. The summed E-state index contributed by atoms with van der Waals surface area (Å²) < 4.78 is 14.9. The van der Waals surface area contributed by atoms with Gasteiger partial charge in [-0.3, -0.25) is 0 Å². The number of rotatable bonds is 2. The van der Waals surface area contributed by atoms with Crippen molar-refractivity contribution in [2.45, 2.75) is 12.5 Å². The largest absolute Gasteiger partial charge is 0.477 e. The third kappa shape index (κ3) is 1.95. The normalized spacial score (nSPS) is 17.6. The zero-order valence-corrected chi connectivity index (χ0v) is 10.0. The molecule has 1 aliphatic rings. The van der Waals surface area contributed by atoms with Crippen LogP contribution in [0.2, 0.25) is 0 Å². The van der Waals surface area contributed by atoms with Crippen LogP contribution < -0.4 is 5.32 Å². The van der Waals surface area contributed by atoms with E-state index in [9.17, 15) is 9.18 Å². The van der Waals surface area contributed by atoms with Crippen LogP contribution in [0.5, 0.6) is 0 Å². The molecule has 1 aliphatic heterocycles. The van der Waals surface area contributed by atoms with Gasteiger partial charge in [-0.05, 0) is 24.1 Å². The Bertz CT molecular complexity index is 639. The minimum absolute atomic E-state index is 0.139. The molecule has 0 amide bonds. The number of hydrogen-bond acceptors (Lipinski definition) is 3. The van der Waals surface area contributed by atoms with Gasteiger partial charge >= 0.3 is 5.97 Å². The van der Waals surface area contributed by atoms with Gasteiger partial charge in [0.2, 0.25) is 0 Å². The first-order valence-electron chi connectivity index (χ1n) is 5.97. The van der Waals surface area contributed by atoms with Gasteiger partial charge in [0.1, 0.15) is 17.2 Å². The predicted octanol–water partition coefficient (Wildman–Crippen LogP) is 2.13. The fourth-order valence-corrected chi connectivity index (χ4v) is 2.40. The van der Waals surface area contributed by atoms with Crippen molar-refractivity contribution in [3.8, 4) is 0 Å². The van der Waals surface area contributed by atoms with Gasteiger partial charge in [0, 0.05) is 6.54 Å². The molecule has 2 aromatic rings. The lowest BCUT2D eigenvalue weighted by atomic mass is 10.0. The summed E-state index contributed by atoms with van der Waals surface area (Å²) >= 11 is 0. The number of nitrogens with zero attached hydrogens (tertiary/aromatic N) is 2. The molecule has 1 aromatic heterocycles. The number of carboxylic acid groups (broad SMARTS) is 1. The minimum Gasteiger partial charge on any atom is -0.477 e. The topological polar surface area (TPSA) is 67.1 Å². The second-order valence-corrected chi connectivity index (χ2v) is 4.44. The molecule has 3 rings (SSSR count). The number of aromatic carboxylic acids is 1. The lowest BCUT2D eigenvalue weighted by Gasteiger charge is -2.26. The van der Waals surface area contributed by atoms with Gasteiger partial charge in [-0.2, -0.15) is 5.10 Å². The van der Waals surface area contributed by atoms with E-state index in [0.29, 0.717) is 12.4 Å². The molecule has 98 valence electrons. The Kier molecular flexibility index (Phi) is 2.70. The standard InChI is InChI=1S/C13H12FN3O2/c14-9-3-1-2-8(6-9)11-4-5-15-12-10(13(18)19)7-16-17(11)12/h1-3,6-7,11,15H,4-5H2,(H,18,19). The number of aromatic nitrogens is 2. The van der Waals surface area contributed by atoms with Crippen molar-refractivity contribution in [2.75, 3.05) is 11.9 Å². The van der Waals surface area contributed by atoms with E-state index < -0.39 is 5.97 Å². The number of nitrogens with one attached hydrogen (secondary N) is 1. The van der Waals surface area contributed by atoms with Crippen molar-refractivity contribution in [1.82, 2.24) is 9.78 Å². The maximum absolute atomic E-state index is 13.3. The van der Waals surface area contributed by atoms with Crippen molar-refractivity contribution >= 4 is 11.8 Å². The first kappa shape index (κ1) is 11.7. The van der Waals surface area contributed by atoms with Gasteiger partial charge in [-0.1, -0.05) is 12.1 Å². The van der Waals surface area contributed by atoms with E-state index in [1.165, 1.54) is 18.3 Å². The second kappa shape index (κ2) is 4.38. The molecule has 19 heavy (non-hydrogen) atoms. The smallest absolute Gasteiger partial charge is 0.341 e. The molecule has 1 atom stereocenters. The Morgan fingerprint density at radius 2 is 2.37 bits per heavy atom. The van der Waals surface area contributed by atoms with E-state index in [1.807, 2.05) is 6.07 Å². The van der Waals surface area contributed by atoms with Crippen molar-refractivity contribution in [2.24, 2.45) is 0 Å². The van der Waals surface area contributed by atoms with Crippen molar-refractivity contribution in [3.05, 3.63) is 47.4 Å². The summed E-state index contributed by atoms with van der Waals surface area (Å²) in [5, 5.41) is 16.2. The highest BCUT2D eigenvalue weighted by molar-refractivity contribution is 5.93. The Balaban J connectivity index is 2.06. The molecule has 0 saturated heterocycles. The number of carbonyl (C=O) groups is 1. The number of carboxylic acids is 1. The van der Waals surface area contributed by atoms with Crippen LogP contribution in [0.15, 0.2) is 30.5 Å². The summed E-state index contributed by atoms with van der Waals surface area (Å²) in [7, 11) is 0. The predicted molar refractivity (Wildman–Crippen MR) is 66.8 cm³/mol. The van der Waals surface area contributed by atoms with E-state index in [-0.39, 0.29) is 17.4 Å². The Morgan fingerprint density at radius 1 is 1.53 bits per heavy atom. The van der Waals surface area contributed by atoms with Crippen LogP contribution in [0.3, 0.4) is 0 Å². The average molecular weight is 261 g/mol. The molecule has 0 saturated carbocycles. The first-order valence-corrected chi connectivity index (χ1v) is 5.97. The summed E-state index contributed by atoms with van der Waals surface area (Å²) in [4.78, 5) is 11.1. The molecule has 0 spiro atoms. The van der Waals surface area contributed by atoms with Gasteiger partial charge in [0.15, 0.2) is 0 Å². The molecule has 0 bridgehead atoms. The van der Waals surface area contributed by atoms with Crippen LogP contribution >= 0.6 is 0 Å². The fraction of sp³-hybridized carbons (Fsp3) is 0.231. The third-order valence-corrected chi connectivity index (χ3v) is 3.26. The van der Waals surface area contributed by atoms with Gasteiger partial charge in [0.25, 0.3) is 0 Å². The molecule has 1 unspecified atom stereocenters. The number of anilines is 1. The van der Waals surface area contributed by atoms with Crippen LogP contribution in [0.25, 0.3) is 0 Å². The van der Waals surface area contributed by atoms with E-state index in [4.69, 9.17) is 5.11 Å². The monoisotopic (exact) mass is 261 g/mol. The zero-order valence-electron chi connectivity index (χ0n) is 10.0. The summed E-state index contributed by atoms with van der Waals surface area (Å²) in [6, 6.07) is 6.18. The highest BCUT2D eigenvalue weighted by Gasteiger charge is 2.26. The molecule has 0 radical (unpaired) electrons. The van der Waals surface area contributed by atoms with Crippen LogP contribution in [0.4, 0.5) is 10.2 Å². The first-order chi connectivity index (χ1) is 9.16. The lowest BCUT2D eigenvalue weighted by molar-refractivity contribution is 0.0697. The van der Waals surface area contributed by atoms with Crippen molar-refractivity contribution < 1.29 is 14.3 Å². The van der Waals surface area contributed by atoms with Gasteiger partial charge in [-0.15, -0.1) is 0 Å². The van der Waals surface area contributed by atoms with Crippen LogP contribution in [0.1, 0.15) is 28.4 Å². The Hall–Kier alpha value is -2.37. The summed E-state index contributed by atoms with van der Waals surface area (Å²) in [5.41, 5.74) is 0.934. The minimum atomic E-state index is -1.02. The van der Waals surface area contributed by atoms with Crippen LogP contribution in [-0.2, 0) is 0 Å². The maximum atomic E-state index is 13.3. The van der Waals surface area contributed by atoms with E-state index in [0.717, 1.165) is 12.0 Å². The fourth-order valence-electron chi connectivity index (χ4n) is 2.40. The summed E-state index contributed by atoms with van der Waals surface area (Å²) in [6.07, 6.45) is 2.06. The molecule has 0 fully saturated rings. The molecule has 1 aromatic carbocycles.